The van der Waals surface area contributed by atoms with Gasteiger partial charge in [-0.1, -0.05) is 45.0 Å². The fourth-order valence-corrected chi connectivity index (χ4v) is 3.42. The van der Waals surface area contributed by atoms with Gasteiger partial charge in [-0.3, -0.25) is 4.98 Å². The van der Waals surface area contributed by atoms with Crippen LogP contribution in [-0.2, 0) is 5.41 Å². The van der Waals surface area contributed by atoms with Crippen LogP contribution in [0.3, 0.4) is 0 Å². The summed E-state index contributed by atoms with van der Waals surface area (Å²) >= 11 is 5.55. The third-order valence-electron chi connectivity index (χ3n) is 4.83. The number of fused-ring (bicyclic) bond motifs is 1. The van der Waals surface area contributed by atoms with Gasteiger partial charge >= 0.3 is 0 Å². The third kappa shape index (κ3) is 4.42. The van der Waals surface area contributed by atoms with Gasteiger partial charge in [-0.2, -0.15) is 0 Å². The number of nitrogens with one attached hydrogen (secondary N) is 2. The molecule has 0 aliphatic carbocycles. The van der Waals surface area contributed by atoms with Crippen LogP contribution in [0.5, 0.6) is 5.75 Å². The summed E-state index contributed by atoms with van der Waals surface area (Å²) in [4.78, 5) is 4.43. The lowest BCUT2D eigenvalue weighted by atomic mass is 9.86. The quantitative estimate of drug-likeness (QED) is 0.566. The number of hydrogen-bond acceptors (Lipinski definition) is 3. The van der Waals surface area contributed by atoms with E-state index in [-0.39, 0.29) is 11.5 Å². The molecule has 0 fully saturated rings. The highest BCUT2D eigenvalue weighted by Crippen LogP contribution is 2.30. The molecule has 3 rings (SSSR count). The highest BCUT2D eigenvalue weighted by molar-refractivity contribution is 7.80. The van der Waals surface area contributed by atoms with Crippen molar-refractivity contribution < 1.29 is 4.74 Å². The number of hydrogen-bond donors (Lipinski definition) is 2. The SMILES string of the molecule is COc1ccc(NC(=S)N[C@@H](C)c2ccc(C(C)(C)C)cc2)c2cccnc12. The van der Waals surface area contributed by atoms with Crippen molar-refractivity contribution in [3.8, 4) is 5.75 Å². The van der Waals surface area contributed by atoms with Gasteiger partial charge in [0, 0.05) is 17.3 Å². The first-order valence-electron chi connectivity index (χ1n) is 9.39. The number of thiocarbonyl (C=S) groups is 1. The zero-order valence-electron chi connectivity index (χ0n) is 17.0. The van der Waals surface area contributed by atoms with Crippen molar-refractivity contribution >= 4 is 33.9 Å². The second kappa shape index (κ2) is 8.15. The van der Waals surface area contributed by atoms with Gasteiger partial charge in [0.2, 0.25) is 0 Å². The molecule has 0 aliphatic heterocycles. The van der Waals surface area contributed by atoms with Crippen molar-refractivity contribution in [2.75, 3.05) is 12.4 Å². The predicted octanol–water partition coefficient (Wildman–Crippen LogP) is 5.59. The monoisotopic (exact) mass is 393 g/mol. The van der Waals surface area contributed by atoms with Crippen LogP contribution in [0, 0.1) is 0 Å². The topological polar surface area (TPSA) is 46.2 Å². The van der Waals surface area contributed by atoms with Crippen LogP contribution in [0.15, 0.2) is 54.7 Å². The van der Waals surface area contributed by atoms with Crippen molar-refractivity contribution in [1.29, 1.82) is 0 Å². The number of benzene rings is 2. The van der Waals surface area contributed by atoms with E-state index in [1.165, 1.54) is 11.1 Å². The Morgan fingerprint density at radius 1 is 1.07 bits per heavy atom. The molecule has 0 amide bonds. The summed E-state index contributed by atoms with van der Waals surface area (Å²) in [7, 11) is 1.65. The Labute approximate surface area is 172 Å². The molecule has 5 heteroatoms. The average molecular weight is 394 g/mol. The van der Waals surface area contributed by atoms with Gasteiger partial charge in [0.1, 0.15) is 11.3 Å². The summed E-state index contributed by atoms with van der Waals surface area (Å²) in [5.41, 5.74) is 4.37. The van der Waals surface area contributed by atoms with E-state index in [0.717, 1.165) is 22.3 Å². The first kappa shape index (κ1) is 20.1. The lowest BCUT2D eigenvalue weighted by Gasteiger charge is -2.21. The summed E-state index contributed by atoms with van der Waals surface area (Å²) in [5.74, 6) is 0.743. The summed E-state index contributed by atoms with van der Waals surface area (Å²) in [5, 5.41) is 8.20. The summed E-state index contributed by atoms with van der Waals surface area (Å²) in [6.07, 6.45) is 1.76. The van der Waals surface area contributed by atoms with E-state index in [1.807, 2.05) is 24.3 Å². The molecule has 2 aromatic carbocycles. The maximum atomic E-state index is 5.55. The van der Waals surface area contributed by atoms with Crippen LogP contribution in [0.2, 0.25) is 0 Å². The summed E-state index contributed by atoms with van der Waals surface area (Å²) < 4.78 is 5.40. The van der Waals surface area contributed by atoms with Gasteiger partial charge in [-0.15, -0.1) is 0 Å². The molecule has 0 radical (unpaired) electrons. The Morgan fingerprint density at radius 2 is 1.79 bits per heavy atom. The van der Waals surface area contributed by atoms with E-state index < -0.39 is 0 Å². The molecule has 0 saturated carbocycles. The molecule has 28 heavy (non-hydrogen) atoms. The van der Waals surface area contributed by atoms with Gasteiger partial charge in [0.25, 0.3) is 0 Å². The van der Waals surface area contributed by atoms with Gasteiger partial charge in [-0.05, 0) is 59.9 Å². The predicted molar refractivity (Wildman–Crippen MR) is 121 cm³/mol. The third-order valence-corrected chi connectivity index (χ3v) is 5.04. The summed E-state index contributed by atoms with van der Waals surface area (Å²) in [6.45, 7) is 8.76. The molecule has 4 nitrogen and oxygen atoms in total. The number of pyridine rings is 1. The second-order valence-corrected chi connectivity index (χ2v) is 8.32. The fraction of sp³-hybridized carbons (Fsp3) is 0.304. The molecule has 3 aromatic rings. The van der Waals surface area contributed by atoms with Crippen LogP contribution in [-0.4, -0.2) is 17.2 Å². The zero-order chi connectivity index (χ0) is 20.3. The van der Waals surface area contributed by atoms with E-state index in [1.54, 1.807) is 13.3 Å². The standard InChI is InChI=1S/C23H27N3OS/c1-15(16-8-10-17(11-9-16)23(2,3)4)25-22(28)26-19-12-13-20(27-5)21-18(19)7-6-14-24-21/h6-15H,1-5H3,(H2,25,26,28)/t15-/m0/s1. The maximum Gasteiger partial charge on any atom is 0.171 e. The van der Waals surface area contributed by atoms with E-state index >= 15 is 0 Å². The molecule has 1 atom stereocenters. The molecule has 1 heterocycles. The Balaban J connectivity index is 1.73. The highest BCUT2D eigenvalue weighted by atomic mass is 32.1. The van der Waals surface area contributed by atoms with Crippen molar-refractivity contribution in [1.82, 2.24) is 10.3 Å². The lowest BCUT2D eigenvalue weighted by Crippen LogP contribution is -2.31. The van der Waals surface area contributed by atoms with Gasteiger partial charge in [-0.25, -0.2) is 0 Å². The average Bonchev–Trinajstić information content (AvgIpc) is 2.67. The second-order valence-electron chi connectivity index (χ2n) is 7.91. The fourth-order valence-electron chi connectivity index (χ4n) is 3.13. The molecule has 146 valence electrons. The van der Waals surface area contributed by atoms with E-state index in [9.17, 15) is 0 Å². The molecule has 0 spiro atoms. The number of rotatable bonds is 4. The molecule has 1 aromatic heterocycles. The molecule has 0 aliphatic rings. The molecule has 0 unspecified atom stereocenters. The van der Waals surface area contributed by atoms with Gasteiger partial charge in [0.05, 0.1) is 13.2 Å². The Morgan fingerprint density at radius 3 is 2.43 bits per heavy atom. The van der Waals surface area contributed by atoms with Crippen LogP contribution in [0.1, 0.15) is 44.9 Å². The van der Waals surface area contributed by atoms with Gasteiger partial charge < -0.3 is 15.4 Å². The molecular weight excluding hydrogens is 366 g/mol. The van der Waals surface area contributed by atoms with Crippen molar-refractivity contribution in [3.63, 3.8) is 0 Å². The number of methoxy groups -OCH3 is 1. The Bertz CT molecular complexity index is 977. The minimum atomic E-state index is 0.0941. The first-order chi connectivity index (χ1) is 13.3. The number of ether oxygens (including phenoxy) is 1. The largest absolute Gasteiger partial charge is 0.494 e. The number of nitrogens with zero attached hydrogens (tertiary/aromatic N) is 1. The smallest absolute Gasteiger partial charge is 0.171 e. The van der Waals surface area contributed by atoms with Crippen LogP contribution in [0.25, 0.3) is 10.9 Å². The van der Waals surface area contributed by atoms with Crippen LogP contribution in [0.4, 0.5) is 5.69 Å². The van der Waals surface area contributed by atoms with Crippen molar-refractivity contribution in [2.24, 2.45) is 0 Å². The van der Waals surface area contributed by atoms with E-state index in [0.29, 0.717) is 5.11 Å². The number of anilines is 1. The minimum Gasteiger partial charge on any atom is -0.494 e. The van der Waals surface area contributed by atoms with E-state index in [2.05, 4.69) is 67.6 Å². The zero-order valence-corrected chi connectivity index (χ0v) is 17.9. The summed E-state index contributed by atoms with van der Waals surface area (Å²) in [6, 6.07) is 16.6. The molecule has 2 N–H and O–H groups in total. The Hall–Kier alpha value is -2.66. The van der Waals surface area contributed by atoms with Crippen molar-refractivity contribution in [3.05, 3.63) is 65.9 Å². The normalized spacial score (nSPS) is 12.5. The molecular formula is C23H27N3OS. The molecule has 0 bridgehead atoms. The first-order valence-corrected chi connectivity index (χ1v) is 9.80. The van der Waals surface area contributed by atoms with Gasteiger partial charge in [0.15, 0.2) is 5.11 Å². The number of aromatic nitrogens is 1. The Kier molecular flexibility index (Phi) is 5.84. The van der Waals surface area contributed by atoms with Crippen LogP contribution >= 0.6 is 12.2 Å². The lowest BCUT2D eigenvalue weighted by molar-refractivity contribution is 0.419. The van der Waals surface area contributed by atoms with E-state index in [4.69, 9.17) is 17.0 Å². The molecule has 0 saturated heterocycles. The minimum absolute atomic E-state index is 0.0941. The maximum absolute atomic E-state index is 5.55. The van der Waals surface area contributed by atoms with Crippen LogP contribution < -0.4 is 15.4 Å². The van der Waals surface area contributed by atoms with Crippen molar-refractivity contribution in [2.45, 2.75) is 39.2 Å². The highest BCUT2D eigenvalue weighted by Gasteiger charge is 2.15.